The predicted octanol–water partition coefficient (Wildman–Crippen LogP) is 1.31. The summed E-state index contributed by atoms with van der Waals surface area (Å²) in [6.07, 6.45) is 4.63. The highest BCUT2D eigenvalue weighted by molar-refractivity contribution is 7.98. The van der Waals surface area contributed by atoms with E-state index < -0.39 is 0 Å². The van der Waals surface area contributed by atoms with Crippen molar-refractivity contribution < 1.29 is 0 Å². The molecule has 13 heavy (non-hydrogen) atoms. The van der Waals surface area contributed by atoms with Gasteiger partial charge in [0.05, 0.1) is 0 Å². The lowest BCUT2D eigenvalue weighted by Gasteiger charge is -2.09. The molecule has 0 aliphatic carbocycles. The van der Waals surface area contributed by atoms with Gasteiger partial charge in [0.25, 0.3) is 0 Å². The van der Waals surface area contributed by atoms with Crippen LogP contribution in [0.5, 0.6) is 0 Å². The standard InChI is InChI=1S/C9H21N3S/c1-4-11-9(10-2)12-7-5-6-8-13-3/h4-8H2,1-3H3,(H2,10,11,12). The fourth-order valence-corrected chi connectivity index (χ4v) is 1.46. The van der Waals surface area contributed by atoms with E-state index in [0.29, 0.717) is 0 Å². The van der Waals surface area contributed by atoms with Gasteiger partial charge in [-0.1, -0.05) is 0 Å². The zero-order valence-corrected chi connectivity index (χ0v) is 9.71. The molecule has 0 aromatic rings. The Kier molecular flexibility index (Phi) is 9.42. The summed E-state index contributed by atoms with van der Waals surface area (Å²) < 4.78 is 0. The number of guanidine groups is 1. The third-order valence-electron chi connectivity index (χ3n) is 1.64. The van der Waals surface area contributed by atoms with Crippen LogP contribution >= 0.6 is 11.8 Å². The van der Waals surface area contributed by atoms with Gasteiger partial charge in [-0.3, -0.25) is 4.99 Å². The molecule has 0 saturated carbocycles. The second-order valence-electron chi connectivity index (χ2n) is 2.73. The molecule has 78 valence electrons. The maximum Gasteiger partial charge on any atom is 0.190 e. The molecule has 0 heterocycles. The number of rotatable bonds is 6. The van der Waals surface area contributed by atoms with E-state index in [1.54, 1.807) is 7.05 Å². The molecular formula is C9H21N3S. The molecule has 3 nitrogen and oxygen atoms in total. The van der Waals surface area contributed by atoms with Gasteiger partial charge in [0.2, 0.25) is 0 Å². The van der Waals surface area contributed by atoms with E-state index in [4.69, 9.17) is 0 Å². The number of aliphatic imine (C=N–C) groups is 1. The fraction of sp³-hybridized carbons (Fsp3) is 0.889. The van der Waals surface area contributed by atoms with Crippen LogP contribution in [0.25, 0.3) is 0 Å². The van der Waals surface area contributed by atoms with Crippen LogP contribution in [0.15, 0.2) is 4.99 Å². The van der Waals surface area contributed by atoms with Crippen molar-refractivity contribution in [3.63, 3.8) is 0 Å². The number of unbranched alkanes of at least 4 members (excludes halogenated alkanes) is 1. The Morgan fingerprint density at radius 1 is 1.31 bits per heavy atom. The van der Waals surface area contributed by atoms with Crippen LogP contribution in [-0.2, 0) is 0 Å². The van der Waals surface area contributed by atoms with Gasteiger partial charge in [0, 0.05) is 20.1 Å². The van der Waals surface area contributed by atoms with E-state index in [-0.39, 0.29) is 0 Å². The normalized spacial score (nSPS) is 11.5. The van der Waals surface area contributed by atoms with Crippen molar-refractivity contribution in [1.82, 2.24) is 10.6 Å². The van der Waals surface area contributed by atoms with Gasteiger partial charge in [0.15, 0.2) is 5.96 Å². The zero-order valence-electron chi connectivity index (χ0n) is 8.89. The van der Waals surface area contributed by atoms with Crippen LogP contribution in [-0.4, -0.2) is 38.1 Å². The van der Waals surface area contributed by atoms with E-state index in [1.807, 2.05) is 11.8 Å². The van der Waals surface area contributed by atoms with Gasteiger partial charge in [-0.05, 0) is 31.8 Å². The molecule has 0 aromatic heterocycles. The van der Waals surface area contributed by atoms with Crippen molar-refractivity contribution >= 4 is 17.7 Å². The van der Waals surface area contributed by atoms with Crippen LogP contribution in [0.2, 0.25) is 0 Å². The first-order valence-electron chi connectivity index (χ1n) is 4.78. The topological polar surface area (TPSA) is 36.4 Å². The monoisotopic (exact) mass is 203 g/mol. The zero-order chi connectivity index (χ0) is 9.94. The van der Waals surface area contributed by atoms with Gasteiger partial charge in [-0.25, -0.2) is 0 Å². The third kappa shape index (κ3) is 7.96. The molecule has 0 aliphatic heterocycles. The lowest BCUT2D eigenvalue weighted by molar-refractivity contribution is 0.738. The van der Waals surface area contributed by atoms with Crippen LogP contribution in [0.4, 0.5) is 0 Å². The van der Waals surface area contributed by atoms with Crippen molar-refractivity contribution in [3.05, 3.63) is 0 Å². The molecule has 0 spiro atoms. The summed E-state index contributed by atoms with van der Waals surface area (Å²) in [6.45, 7) is 4.01. The van der Waals surface area contributed by atoms with Crippen molar-refractivity contribution in [3.8, 4) is 0 Å². The maximum atomic E-state index is 4.08. The second kappa shape index (κ2) is 9.71. The number of thioether (sulfide) groups is 1. The number of nitrogens with one attached hydrogen (secondary N) is 2. The van der Waals surface area contributed by atoms with Crippen LogP contribution in [0, 0.1) is 0 Å². The molecule has 0 radical (unpaired) electrons. The van der Waals surface area contributed by atoms with Crippen molar-refractivity contribution in [2.24, 2.45) is 4.99 Å². The maximum absolute atomic E-state index is 4.08. The molecule has 2 N–H and O–H groups in total. The minimum absolute atomic E-state index is 0.909. The Labute approximate surface area is 85.8 Å². The van der Waals surface area contributed by atoms with Crippen LogP contribution < -0.4 is 10.6 Å². The fourth-order valence-electron chi connectivity index (χ4n) is 0.966. The number of hydrogen-bond donors (Lipinski definition) is 2. The quantitative estimate of drug-likeness (QED) is 0.388. The lowest BCUT2D eigenvalue weighted by Crippen LogP contribution is -2.37. The molecule has 0 aromatic carbocycles. The Morgan fingerprint density at radius 3 is 2.62 bits per heavy atom. The molecule has 0 amide bonds. The second-order valence-corrected chi connectivity index (χ2v) is 3.71. The minimum atomic E-state index is 0.909. The Morgan fingerprint density at radius 2 is 2.08 bits per heavy atom. The predicted molar refractivity (Wildman–Crippen MR) is 62.7 cm³/mol. The summed E-state index contributed by atoms with van der Waals surface area (Å²) in [7, 11) is 1.80. The summed E-state index contributed by atoms with van der Waals surface area (Å²) in [5, 5.41) is 6.42. The summed E-state index contributed by atoms with van der Waals surface area (Å²) in [5.74, 6) is 2.16. The van der Waals surface area contributed by atoms with Crippen LogP contribution in [0.1, 0.15) is 19.8 Å². The SMILES string of the molecule is CCNC(=NC)NCCCCSC. The van der Waals surface area contributed by atoms with Gasteiger partial charge in [-0.15, -0.1) is 0 Å². The molecule has 0 unspecified atom stereocenters. The summed E-state index contributed by atoms with van der Waals surface area (Å²) >= 11 is 1.90. The number of nitrogens with zero attached hydrogens (tertiary/aromatic N) is 1. The molecule has 0 aliphatic rings. The highest BCUT2D eigenvalue weighted by Gasteiger charge is 1.93. The molecule has 0 atom stereocenters. The smallest absolute Gasteiger partial charge is 0.190 e. The van der Waals surface area contributed by atoms with E-state index in [1.165, 1.54) is 18.6 Å². The Hall–Kier alpha value is -0.380. The van der Waals surface area contributed by atoms with E-state index in [2.05, 4.69) is 28.8 Å². The van der Waals surface area contributed by atoms with Gasteiger partial charge < -0.3 is 10.6 Å². The van der Waals surface area contributed by atoms with E-state index in [9.17, 15) is 0 Å². The minimum Gasteiger partial charge on any atom is -0.357 e. The highest BCUT2D eigenvalue weighted by Crippen LogP contribution is 1.97. The molecular weight excluding hydrogens is 182 g/mol. The summed E-state index contributed by atoms with van der Waals surface area (Å²) in [4.78, 5) is 4.08. The molecule has 0 rings (SSSR count). The molecule has 4 heteroatoms. The van der Waals surface area contributed by atoms with Crippen molar-refractivity contribution in [2.75, 3.05) is 32.1 Å². The van der Waals surface area contributed by atoms with E-state index in [0.717, 1.165) is 19.0 Å². The summed E-state index contributed by atoms with van der Waals surface area (Å²) in [5.41, 5.74) is 0. The highest BCUT2D eigenvalue weighted by atomic mass is 32.2. The lowest BCUT2D eigenvalue weighted by atomic mass is 10.3. The first-order valence-corrected chi connectivity index (χ1v) is 6.18. The van der Waals surface area contributed by atoms with Gasteiger partial charge >= 0.3 is 0 Å². The first kappa shape index (κ1) is 12.6. The van der Waals surface area contributed by atoms with Gasteiger partial charge in [-0.2, -0.15) is 11.8 Å². The molecule has 0 bridgehead atoms. The Balaban J connectivity index is 3.29. The van der Waals surface area contributed by atoms with Crippen LogP contribution in [0.3, 0.4) is 0 Å². The summed E-state index contributed by atoms with van der Waals surface area (Å²) in [6, 6.07) is 0. The first-order chi connectivity index (χ1) is 6.35. The van der Waals surface area contributed by atoms with Gasteiger partial charge in [0.1, 0.15) is 0 Å². The Bertz CT molecular complexity index is 137. The van der Waals surface area contributed by atoms with Crippen molar-refractivity contribution in [2.45, 2.75) is 19.8 Å². The molecule has 0 fully saturated rings. The largest absolute Gasteiger partial charge is 0.357 e. The number of hydrogen-bond acceptors (Lipinski definition) is 2. The van der Waals surface area contributed by atoms with E-state index >= 15 is 0 Å². The molecule has 0 saturated heterocycles. The third-order valence-corrected chi connectivity index (χ3v) is 2.33. The van der Waals surface area contributed by atoms with Crippen molar-refractivity contribution in [1.29, 1.82) is 0 Å². The average Bonchev–Trinajstić information content (AvgIpc) is 2.16. The average molecular weight is 203 g/mol.